The molecule has 0 unspecified atom stereocenters. The van der Waals surface area contributed by atoms with Crippen molar-refractivity contribution in [2.24, 2.45) is 0 Å². The van der Waals surface area contributed by atoms with Gasteiger partial charge in [-0.1, -0.05) is 6.92 Å². The minimum absolute atomic E-state index is 0.545. The van der Waals surface area contributed by atoms with E-state index in [9.17, 15) is 0 Å². The van der Waals surface area contributed by atoms with Crippen molar-refractivity contribution in [1.82, 2.24) is 9.55 Å². The molecule has 0 spiro atoms. The molecule has 3 rings (SSSR count). The number of hydrogen-bond donors (Lipinski definition) is 1. The van der Waals surface area contributed by atoms with Crippen LogP contribution >= 0.6 is 11.3 Å². The van der Waals surface area contributed by atoms with Crippen LogP contribution in [0.5, 0.6) is 5.75 Å². The summed E-state index contributed by atoms with van der Waals surface area (Å²) in [4.78, 5) is 5.77. The summed E-state index contributed by atoms with van der Waals surface area (Å²) in [5, 5.41) is 2.13. The molecule has 104 valence electrons. The Kier molecular flexibility index (Phi) is 3.36. The topological polar surface area (TPSA) is 53.1 Å². The van der Waals surface area contributed by atoms with Gasteiger partial charge in [-0.25, -0.2) is 4.98 Å². The van der Waals surface area contributed by atoms with Gasteiger partial charge in [0.05, 0.1) is 24.7 Å². The first-order valence-electron chi connectivity index (χ1n) is 6.58. The van der Waals surface area contributed by atoms with Gasteiger partial charge in [0.15, 0.2) is 0 Å². The van der Waals surface area contributed by atoms with E-state index in [1.165, 1.54) is 10.4 Å². The molecule has 0 bridgehead atoms. The Labute approximate surface area is 121 Å². The lowest BCUT2D eigenvalue weighted by atomic mass is 10.2. The zero-order valence-electron chi connectivity index (χ0n) is 11.6. The van der Waals surface area contributed by atoms with Gasteiger partial charge in [-0.05, 0) is 35.6 Å². The molecule has 2 N–H and O–H groups in total. The maximum absolute atomic E-state index is 6.07. The summed E-state index contributed by atoms with van der Waals surface area (Å²) in [5.74, 6) is 1.34. The molecule has 0 fully saturated rings. The second kappa shape index (κ2) is 5.17. The van der Waals surface area contributed by atoms with Crippen LogP contribution < -0.4 is 10.5 Å². The minimum Gasteiger partial charge on any atom is -0.497 e. The van der Waals surface area contributed by atoms with E-state index in [1.807, 2.05) is 18.2 Å². The van der Waals surface area contributed by atoms with Gasteiger partial charge in [0.2, 0.25) is 5.95 Å². The van der Waals surface area contributed by atoms with E-state index >= 15 is 0 Å². The van der Waals surface area contributed by atoms with Crippen LogP contribution in [0.3, 0.4) is 0 Å². The molecule has 0 aliphatic rings. The fraction of sp³-hybridized carbons (Fsp3) is 0.267. The van der Waals surface area contributed by atoms with Gasteiger partial charge < -0.3 is 15.0 Å². The molecule has 0 atom stereocenters. The van der Waals surface area contributed by atoms with E-state index in [2.05, 4.69) is 27.9 Å². The number of nitrogens with zero attached hydrogens (tertiary/aromatic N) is 2. The van der Waals surface area contributed by atoms with E-state index in [1.54, 1.807) is 18.4 Å². The molecule has 1 aromatic carbocycles. The number of aromatic nitrogens is 2. The van der Waals surface area contributed by atoms with Crippen LogP contribution in [0.4, 0.5) is 5.95 Å². The molecular weight excluding hydrogens is 270 g/mol. The standard InChI is InChI=1S/C15H17N3OS/c1-3-10-6-7-20-14(10)9-18-13-5-4-11(19-2)8-12(13)17-15(18)16/h4-8H,3,9H2,1-2H3,(H2,16,17). The lowest BCUT2D eigenvalue weighted by Crippen LogP contribution is -2.04. The largest absolute Gasteiger partial charge is 0.497 e. The SMILES string of the molecule is CCc1ccsc1Cn1c(N)nc2cc(OC)ccc21. The third-order valence-electron chi connectivity index (χ3n) is 3.51. The highest BCUT2D eigenvalue weighted by molar-refractivity contribution is 7.10. The van der Waals surface area contributed by atoms with Gasteiger partial charge in [-0.3, -0.25) is 0 Å². The lowest BCUT2D eigenvalue weighted by Gasteiger charge is -2.07. The number of nitrogen functional groups attached to an aromatic ring is 1. The molecule has 0 amide bonds. The van der Waals surface area contributed by atoms with Crippen LogP contribution in [0.15, 0.2) is 29.6 Å². The Morgan fingerprint density at radius 1 is 1.35 bits per heavy atom. The Balaban J connectivity index is 2.05. The number of aryl methyl sites for hydroxylation is 1. The van der Waals surface area contributed by atoms with E-state index in [0.717, 1.165) is 29.7 Å². The Morgan fingerprint density at radius 3 is 2.95 bits per heavy atom. The Morgan fingerprint density at radius 2 is 2.20 bits per heavy atom. The molecule has 5 heteroatoms. The Hall–Kier alpha value is -2.01. The normalized spacial score (nSPS) is 11.1. The van der Waals surface area contributed by atoms with E-state index < -0.39 is 0 Å². The average molecular weight is 287 g/mol. The molecular formula is C15H17N3OS. The summed E-state index contributed by atoms with van der Waals surface area (Å²) in [6, 6.07) is 8.04. The van der Waals surface area contributed by atoms with E-state index in [0.29, 0.717) is 5.95 Å². The van der Waals surface area contributed by atoms with Crippen molar-refractivity contribution < 1.29 is 4.74 Å². The van der Waals surface area contributed by atoms with Crippen LogP contribution in [0.1, 0.15) is 17.4 Å². The number of anilines is 1. The quantitative estimate of drug-likeness (QED) is 0.801. The van der Waals surface area contributed by atoms with Gasteiger partial charge in [0.1, 0.15) is 5.75 Å². The van der Waals surface area contributed by atoms with Gasteiger partial charge in [0.25, 0.3) is 0 Å². The molecule has 2 heterocycles. The molecule has 0 saturated carbocycles. The van der Waals surface area contributed by atoms with Crippen molar-refractivity contribution in [3.05, 3.63) is 40.1 Å². The predicted molar refractivity (Wildman–Crippen MR) is 83.5 cm³/mol. The molecule has 0 aliphatic carbocycles. The average Bonchev–Trinajstić information content (AvgIpc) is 3.03. The number of ether oxygens (including phenoxy) is 1. The first-order chi connectivity index (χ1) is 9.72. The second-order valence-corrected chi connectivity index (χ2v) is 5.63. The van der Waals surface area contributed by atoms with Gasteiger partial charge >= 0.3 is 0 Å². The number of imidazole rings is 1. The zero-order chi connectivity index (χ0) is 14.1. The molecule has 4 nitrogen and oxygen atoms in total. The zero-order valence-corrected chi connectivity index (χ0v) is 12.4. The smallest absolute Gasteiger partial charge is 0.201 e. The van der Waals surface area contributed by atoms with Crippen molar-refractivity contribution in [2.75, 3.05) is 12.8 Å². The number of hydrogen-bond acceptors (Lipinski definition) is 4. The second-order valence-electron chi connectivity index (χ2n) is 4.63. The predicted octanol–water partition coefficient (Wildman–Crippen LogP) is 3.30. The number of thiophene rings is 1. The minimum atomic E-state index is 0.545. The third-order valence-corrected chi connectivity index (χ3v) is 4.45. The van der Waals surface area contributed by atoms with Crippen molar-refractivity contribution >= 4 is 28.3 Å². The fourth-order valence-electron chi connectivity index (χ4n) is 2.39. The van der Waals surface area contributed by atoms with Crippen LogP contribution in [0.25, 0.3) is 11.0 Å². The molecule has 3 aromatic rings. The molecule has 2 aromatic heterocycles. The summed E-state index contributed by atoms with van der Waals surface area (Å²) in [7, 11) is 1.65. The number of benzene rings is 1. The molecule has 0 radical (unpaired) electrons. The number of methoxy groups -OCH3 is 1. The lowest BCUT2D eigenvalue weighted by molar-refractivity contribution is 0.415. The van der Waals surface area contributed by atoms with Crippen molar-refractivity contribution in [2.45, 2.75) is 19.9 Å². The van der Waals surface area contributed by atoms with Gasteiger partial charge in [-0.2, -0.15) is 0 Å². The number of nitrogens with two attached hydrogens (primary N) is 1. The number of fused-ring (bicyclic) bond motifs is 1. The molecule has 20 heavy (non-hydrogen) atoms. The van der Waals surface area contributed by atoms with Crippen molar-refractivity contribution in [1.29, 1.82) is 0 Å². The fourth-order valence-corrected chi connectivity index (χ4v) is 3.35. The third kappa shape index (κ3) is 2.14. The van der Waals surface area contributed by atoms with Gasteiger partial charge in [-0.15, -0.1) is 11.3 Å². The highest BCUT2D eigenvalue weighted by Gasteiger charge is 2.11. The summed E-state index contributed by atoms with van der Waals surface area (Å²) >= 11 is 1.77. The van der Waals surface area contributed by atoms with Crippen LogP contribution in [-0.2, 0) is 13.0 Å². The summed E-state index contributed by atoms with van der Waals surface area (Å²) in [5.41, 5.74) is 9.36. The van der Waals surface area contributed by atoms with Crippen molar-refractivity contribution in [3.63, 3.8) is 0 Å². The molecule has 0 saturated heterocycles. The van der Waals surface area contributed by atoms with Crippen molar-refractivity contribution in [3.8, 4) is 5.75 Å². The summed E-state index contributed by atoms with van der Waals surface area (Å²) < 4.78 is 7.28. The maximum Gasteiger partial charge on any atom is 0.201 e. The maximum atomic E-state index is 6.07. The molecule has 0 aliphatic heterocycles. The summed E-state index contributed by atoms with van der Waals surface area (Å²) in [6.07, 6.45) is 1.04. The van der Waals surface area contributed by atoms with Crippen LogP contribution in [-0.4, -0.2) is 16.7 Å². The van der Waals surface area contributed by atoms with Crippen LogP contribution in [0.2, 0.25) is 0 Å². The van der Waals surface area contributed by atoms with E-state index in [4.69, 9.17) is 10.5 Å². The highest BCUT2D eigenvalue weighted by Crippen LogP contribution is 2.26. The number of rotatable bonds is 4. The first-order valence-corrected chi connectivity index (χ1v) is 7.46. The summed E-state index contributed by atoms with van der Waals surface area (Å²) in [6.45, 7) is 2.95. The van der Waals surface area contributed by atoms with Gasteiger partial charge in [0, 0.05) is 10.9 Å². The Bertz CT molecular complexity index is 745. The highest BCUT2D eigenvalue weighted by atomic mass is 32.1. The van der Waals surface area contributed by atoms with Crippen LogP contribution in [0, 0.1) is 0 Å². The monoisotopic (exact) mass is 287 g/mol. The van der Waals surface area contributed by atoms with E-state index in [-0.39, 0.29) is 0 Å². The first kappa shape index (κ1) is 13.0.